The first-order valence-corrected chi connectivity index (χ1v) is 14.7. The van der Waals surface area contributed by atoms with Crippen LogP contribution in [0, 0.1) is 5.92 Å². The van der Waals surface area contributed by atoms with Gasteiger partial charge >= 0.3 is 11.9 Å². The van der Waals surface area contributed by atoms with Gasteiger partial charge in [-0.3, -0.25) is 14.1 Å². The molecule has 1 rings (SSSR count). The van der Waals surface area contributed by atoms with Crippen LogP contribution in [0.5, 0.6) is 5.75 Å². The second-order valence-electron chi connectivity index (χ2n) is 9.50. The highest BCUT2D eigenvalue weighted by Gasteiger charge is 2.58. The summed E-state index contributed by atoms with van der Waals surface area (Å²) in [6.45, 7) is 2.19. The monoisotopic (exact) mass is 528 g/mol. The zero-order valence-electron chi connectivity index (χ0n) is 21.6. The number of carbonyl (C=O) groups is 2. The molecule has 9 heteroatoms. The maximum atomic E-state index is 12.3. The second kappa shape index (κ2) is 17.3. The molecule has 0 radical (unpaired) electrons. The van der Waals surface area contributed by atoms with E-state index in [0.29, 0.717) is 18.6 Å². The van der Waals surface area contributed by atoms with Gasteiger partial charge in [0.05, 0.1) is 12.5 Å². The molecular weight excluding hydrogens is 484 g/mol. The lowest BCUT2D eigenvalue weighted by atomic mass is 9.83. The van der Waals surface area contributed by atoms with E-state index in [1.807, 2.05) is 0 Å². The van der Waals surface area contributed by atoms with E-state index >= 15 is 0 Å². The first-order chi connectivity index (χ1) is 17.2. The normalized spacial score (nSPS) is 14.2. The van der Waals surface area contributed by atoms with Crippen LogP contribution in [0.25, 0.3) is 0 Å². The van der Waals surface area contributed by atoms with Crippen LogP contribution in [0.4, 0.5) is 0 Å². The van der Waals surface area contributed by atoms with E-state index in [1.165, 1.54) is 44.9 Å². The number of carboxylic acid groups (broad SMARTS) is 2. The van der Waals surface area contributed by atoms with E-state index in [0.717, 1.165) is 19.3 Å². The third-order valence-corrected chi connectivity index (χ3v) is 8.32. The number of benzene rings is 1. The van der Waals surface area contributed by atoms with Crippen molar-refractivity contribution in [3.05, 3.63) is 30.3 Å². The Morgan fingerprint density at radius 1 is 0.833 bits per heavy atom. The topological polar surface area (TPSA) is 138 Å². The van der Waals surface area contributed by atoms with Crippen LogP contribution >= 0.6 is 0 Å². The standard InChI is InChI=1S/C27H44O8S/c1-2-3-4-5-6-7-8-9-10-11-12-16-20-24(25(28)29)27(26(30)31,36(32,33)34)21-17-22-35-23-18-14-13-15-19-23/h13-15,18-19,24H,2-12,16-17,20-22H2,1H3,(H,28,29)(H,30,31)(H,32,33,34). The van der Waals surface area contributed by atoms with Gasteiger partial charge in [-0.1, -0.05) is 102 Å². The van der Waals surface area contributed by atoms with Crippen molar-refractivity contribution in [2.45, 2.75) is 108 Å². The molecule has 0 bridgehead atoms. The smallest absolute Gasteiger partial charge is 0.328 e. The Labute approximate surface area is 216 Å². The summed E-state index contributed by atoms with van der Waals surface area (Å²) in [5, 5.41) is 19.6. The summed E-state index contributed by atoms with van der Waals surface area (Å²) in [7, 11) is -5.22. The first-order valence-electron chi connectivity index (χ1n) is 13.3. The fourth-order valence-corrected chi connectivity index (χ4v) is 5.84. The Morgan fingerprint density at radius 3 is 1.78 bits per heavy atom. The van der Waals surface area contributed by atoms with Gasteiger partial charge in [0.2, 0.25) is 4.75 Å². The lowest BCUT2D eigenvalue weighted by Gasteiger charge is -2.32. The van der Waals surface area contributed by atoms with Crippen LogP contribution in [-0.4, -0.2) is 46.5 Å². The molecule has 3 N–H and O–H groups in total. The van der Waals surface area contributed by atoms with Gasteiger partial charge in [-0.05, 0) is 31.4 Å². The molecule has 8 nitrogen and oxygen atoms in total. The van der Waals surface area contributed by atoms with Crippen LogP contribution in [0.2, 0.25) is 0 Å². The molecule has 0 aromatic heterocycles. The summed E-state index contributed by atoms with van der Waals surface area (Å²) in [6.07, 6.45) is 12.0. The van der Waals surface area contributed by atoms with E-state index in [9.17, 15) is 32.8 Å². The molecule has 2 unspecified atom stereocenters. The van der Waals surface area contributed by atoms with Crippen LogP contribution in [-0.2, 0) is 19.7 Å². The Bertz CT molecular complexity index is 856. The lowest BCUT2D eigenvalue weighted by Crippen LogP contribution is -2.55. The largest absolute Gasteiger partial charge is 0.494 e. The molecule has 0 saturated carbocycles. The number of aliphatic carboxylic acids is 2. The quantitative estimate of drug-likeness (QED) is 0.117. The van der Waals surface area contributed by atoms with Gasteiger partial charge in [0, 0.05) is 0 Å². The SMILES string of the molecule is CCCCCCCCCCCCCCC(C(=O)O)C(CCCOc1ccccc1)(C(=O)O)S(=O)(=O)O. The number of hydrogen-bond acceptors (Lipinski definition) is 5. The molecule has 206 valence electrons. The predicted molar refractivity (Wildman–Crippen MR) is 140 cm³/mol. The highest BCUT2D eigenvalue weighted by Crippen LogP contribution is 2.36. The van der Waals surface area contributed by atoms with Gasteiger partial charge in [-0.15, -0.1) is 0 Å². The van der Waals surface area contributed by atoms with Gasteiger partial charge < -0.3 is 14.9 Å². The van der Waals surface area contributed by atoms with Crippen molar-refractivity contribution in [2.75, 3.05) is 6.61 Å². The maximum absolute atomic E-state index is 12.3. The van der Waals surface area contributed by atoms with Crippen molar-refractivity contribution in [2.24, 2.45) is 5.92 Å². The molecule has 1 aromatic rings. The number of unbranched alkanes of at least 4 members (excludes halogenated alkanes) is 11. The molecule has 0 fully saturated rings. The number of para-hydroxylation sites is 1. The van der Waals surface area contributed by atoms with Gasteiger partial charge in [-0.2, -0.15) is 8.42 Å². The van der Waals surface area contributed by atoms with E-state index in [-0.39, 0.29) is 19.4 Å². The number of ether oxygens (including phenoxy) is 1. The van der Waals surface area contributed by atoms with Gasteiger partial charge in [0.25, 0.3) is 10.1 Å². The Morgan fingerprint density at radius 2 is 1.33 bits per heavy atom. The number of rotatable bonds is 22. The highest BCUT2D eigenvalue weighted by molar-refractivity contribution is 7.88. The van der Waals surface area contributed by atoms with Crippen molar-refractivity contribution in [1.82, 2.24) is 0 Å². The molecule has 36 heavy (non-hydrogen) atoms. The van der Waals surface area contributed by atoms with Crippen molar-refractivity contribution >= 4 is 22.1 Å². The minimum atomic E-state index is -5.22. The molecule has 2 atom stereocenters. The third-order valence-electron chi connectivity index (χ3n) is 6.73. The molecule has 1 aromatic carbocycles. The van der Waals surface area contributed by atoms with Gasteiger partial charge in [-0.25, -0.2) is 0 Å². The summed E-state index contributed by atoms with van der Waals surface area (Å²) in [5.41, 5.74) is 0. The Hall–Kier alpha value is -2.13. The Kier molecular flexibility index (Phi) is 15.4. The van der Waals surface area contributed by atoms with Gasteiger partial charge in [0.1, 0.15) is 5.75 Å². The molecule has 0 aliphatic carbocycles. The summed E-state index contributed by atoms with van der Waals surface area (Å²) in [5.74, 6) is -4.63. The van der Waals surface area contributed by atoms with E-state index < -0.39 is 39.1 Å². The zero-order chi connectivity index (χ0) is 26.9. The van der Waals surface area contributed by atoms with Crippen molar-refractivity contribution in [3.63, 3.8) is 0 Å². The summed E-state index contributed by atoms with van der Waals surface area (Å²) < 4.78 is 37.2. The van der Waals surface area contributed by atoms with Crippen molar-refractivity contribution in [3.8, 4) is 5.75 Å². The third kappa shape index (κ3) is 10.9. The average molecular weight is 529 g/mol. The molecule has 0 aliphatic heterocycles. The molecule has 0 heterocycles. The van der Waals surface area contributed by atoms with Crippen molar-refractivity contribution in [1.29, 1.82) is 0 Å². The van der Waals surface area contributed by atoms with Gasteiger partial charge in [0.15, 0.2) is 0 Å². The average Bonchev–Trinajstić information content (AvgIpc) is 2.82. The van der Waals surface area contributed by atoms with Crippen LogP contribution < -0.4 is 4.74 Å². The first kappa shape index (κ1) is 31.9. The predicted octanol–water partition coefficient (Wildman–Crippen LogP) is 6.35. The zero-order valence-corrected chi connectivity index (χ0v) is 22.4. The molecule has 0 aliphatic rings. The van der Waals surface area contributed by atoms with E-state index in [4.69, 9.17) is 4.74 Å². The number of carboxylic acids is 2. The molecule has 0 amide bonds. The van der Waals surface area contributed by atoms with Crippen LogP contribution in [0.3, 0.4) is 0 Å². The van der Waals surface area contributed by atoms with E-state index in [2.05, 4.69) is 6.92 Å². The number of hydrogen-bond donors (Lipinski definition) is 3. The minimum Gasteiger partial charge on any atom is -0.494 e. The van der Waals surface area contributed by atoms with E-state index in [1.54, 1.807) is 30.3 Å². The Balaban J connectivity index is 2.59. The van der Waals surface area contributed by atoms with Crippen LogP contribution in [0.1, 0.15) is 103 Å². The van der Waals surface area contributed by atoms with Crippen LogP contribution in [0.15, 0.2) is 30.3 Å². The maximum Gasteiger partial charge on any atom is 0.328 e. The highest BCUT2D eigenvalue weighted by atomic mass is 32.2. The fourth-order valence-electron chi connectivity index (χ4n) is 4.64. The fraction of sp³-hybridized carbons (Fsp3) is 0.704. The second-order valence-corrected chi connectivity index (χ2v) is 11.2. The summed E-state index contributed by atoms with van der Waals surface area (Å²) >= 11 is 0. The molecular formula is C27H44O8S. The lowest BCUT2D eigenvalue weighted by molar-refractivity contribution is -0.152. The molecule has 0 saturated heterocycles. The minimum absolute atomic E-state index is 0.0144. The molecule has 0 spiro atoms. The summed E-state index contributed by atoms with van der Waals surface area (Å²) in [6, 6.07) is 8.70. The van der Waals surface area contributed by atoms with Crippen molar-refractivity contribution < 1.29 is 37.5 Å². The summed E-state index contributed by atoms with van der Waals surface area (Å²) in [4.78, 5) is 24.2.